The SMILES string of the molecule is CC(C)(C)c1noc(COc2ccc(C(=O)O)c(F)c2)n1. The highest BCUT2D eigenvalue weighted by molar-refractivity contribution is 5.88. The molecule has 6 nitrogen and oxygen atoms in total. The molecule has 0 amide bonds. The van der Waals surface area contributed by atoms with Gasteiger partial charge < -0.3 is 14.4 Å². The number of benzene rings is 1. The van der Waals surface area contributed by atoms with Crippen LogP contribution in [-0.4, -0.2) is 21.2 Å². The molecule has 0 atom stereocenters. The van der Waals surface area contributed by atoms with Crippen molar-refractivity contribution in [2.45, 2.75) is 32.8 Å². The highest BCUT2D eigenvalue weighted by Gasteiger charge is 2.21. The van der Waals surface area contributed by atoms with Crippen LogP contribution in [0.2, 0.25) is 0 Å². The molecule has 21 heavy (non-hydrogen) atoms. The smallest absolute Gasteiger partial charge is 0.338 e. The van der Waals surface area contributed by atoms with E-state index in [-0.39, 0.29) is 23.7 Å². The fraction of sp³-hybridized carbons (Fsp3) is 0.357. The molecule has 0 radical (unpaired) electrons. The van der Waals surface area contributed by atoms with Crippen LogP contribution in [-0.2, 0) is 12.0 Å². The summed E-state index contributed by atoms with van der Waals surface area (Å²) in [6.07, 6.45) is 0. The number of hydrogen-bond donors (Lipinski definition) is 1. The van der Waals surface area contributed by atoms with Crippen molar-refractivity contribution in [3.8, 4) is 5.75 Å². The van der Waals surface area contributed by atoms with Crippen LogP contribution in [0.1, 0.15) is 42.8 Å². The molecule has 2 aromatic rings. The van der Waals surface area contributed by atoms with Gasteiger partial charge in [-0.1, -0.05) is 25.9 Å². The van der Waals surface area contributed by atoms with Crippen LogP contribution < -0.4 is 4.74 Å². The lowest BCUT2D eigenvalue weighted by molar-refractivity contribution is 0.0691. The molecule has 7 heteroatoms. The van der Waals surface area contributed by atoms with Crippen molar-refractivity contribution in [2.24, 2.45) is 0 Å². The highest BCUT2D eigenvalue weighted by atomic mass is 19.1. The molecule has 112 valence electrons. The maximum atomic E-state index is 13.5. The van der Waals surface area contributed by atoms with Gasteiger partial charge in [-0.05, 0) is 12.1 Å². The van der Waals surface area contributed by atoms with E-state index in [9.17, 15) is 9.18 Å². The van der Waals surface area contributed by atoms with Gasteiger partial charge in [0.2, 0.25) is 0 Å². The van der Waals surface area contributed by atoms with Gasteiger partial charge in [-0.15, -0.1) is 0 Å². The highest BCUT2D eigenvalue weighted by Crippen LogP contribution is 2.20. The average Bonchev–Trinajstić information content (AvgIpc) is 2.84. The van der Waals surface area contributed by atoms with Crippen LogP contribution >= 0.6 is 0 Å². The quantitative estimate of drug-likeness (QED) is 0.933. The summed E-state index contributed by atoms with van der Waals surface area (Å²) in [5, 5.41) is 12.6. The zero-order chi connectivity index (χ0) is 15.6. The van der Waals surface area contributed by atoms with Crippen molar-refractivity contribution in [3.05, 3.63) is 41.3 Å². The summed E-state index contributed by atoms with van der Waals surface area (Å²) in [4.78, 5) is 14.9. The molecule has 1 N–H and O–H groups in total. The first-order chi connectivity index (χ1) is 9.77. The zero-order valence-corrected chi connectivity index (χ0v) is 11.9. The Labute approximate surface area is 120 Å². The molecule has 0 aliphatic heterocycles. The Kier molecular flexibility index (Phi) is 3.93. The zero-order valence-electron chi connectivity index (χ0n) is 11.9. The van der Waals surface area contributed by atoms with E-state index in [4.69, 9.17) is 14.4 Å². The van der Waals surface area contributed by atoms with Crippen LogP contribution in [0.15, 0.2) is 22.7 Å². The summed E-state index contributed by atoms with van der Waals surface area (Å²) in [6, 6.07) is 3.51. The van der Waals surface area contributed by atoms with Crippen LogP contribution in [0.5, 0.6) is 5.75 Å². The predicted molar refractivity (Wildman–Crippen MR) is 70.7 cm³/mol. The van der Waals surface area contributed by atoms with Crippen molar-refractivity contribution in [2.75, 3.05) is 0 Å². The average molecular weight is 294 g/mol. The van der Waals surface area contributed by atoms with Gasteiger partial charge >= 0.3 is 5.97 Å². The molecule has 1 aromatic heterocycles. The second kappa shape index (κ2) is 5.51. The second-order valence-electron chi connectivity index (χ2n) is 5.50. The first-order valence-corrected chi connectivity index (χ1v) is 6.26. The topological polar surface area (TPSA) is 85.5 Å². The first-order valence-electron chi connectivity index (χ1n) is 6.26. The number of aromatic nitrogens is 2. The Bertz CT molecular complexity index is 661. The lowest BCUT2D eigenvalue weighted by atomic mass is 9.96. The maximum Gasteiger partial charge on any atom is 0.338 e. The Morgan fingerprint density at radius 3 is 2.67 bits per heavy atom. The third-order valence-corrected chi connectivity index (χ3v) is 2.67. The molecule has 0 spiro atoms. The van der Waals surface area contributed by atoms with Crippen molar-refractivity contribution >= 4 is 5.97 Å². The molecule has 0 bridgehead atoms. The lowest BCUT2D eigenvalue weighted by Crippen LogP contribution is -2.13. The second-order valence-corrected chi connectivity index (χ2v) is 5.50. The summed E-state index contributed by atoms with van der Waals surface area (Å²) in [7, 11) is 0. The van der Waals surface area contributed by atoms with Gasteiger partial charge in [-0.25, -0.2) is 9.18 Å². The van der Waals surface area contributed by atoms with E-state index in [2.05, 4.69) is 10.1 Å². The van der Waals surface area contributed by atoms with Crippen molar-refractivity contribution in [1.29, 1.82) is 0 Å². The fourth-order valence-electron chi connectivity index (χ4n) is 1.52. The van der Waals surface area contributed by atoms with Crippen LogP contribution in [0.4, 0.5) is 4.39 Å². The van der Waals surface area contributed by atoms with Crippen molar-refractivity contribution in [3.63, 3.8) is 0 Å². The molecule has 0 saturated carbocycles. The van der Waals surface area contributed by atoms with E-state index in [0.717, 1.165) is 12.1 Å². The molecule has 2 rings (SSSR count). The Balaban J connectivity index is 2.05. The van der Waals surface area contributed by atoms with E-state index in [1.54, 1.807) is 0 Å². The van der Waals surface area contributed by atoms with E-state index in [1.165, 1.54) is 6.07 Å². The van der Waals surface area contributed by atoms with Crippen molar-refractivity contribution < 1.29 is 23.6 Å². The standard InChI is InChI=1S/C14H15FN2O4/c1-14(2,3)13-16-11(21-17-13)7-20-8-4-5-9(12(18)19)10(15)6-8/h4-6H,7H2,1-3H3,(H,18,19). The number of halogens is 1. The number of ether oxygens (including phenoxy) is 1. The molecule has 0 saturated heterocycles. The van der Waals surface area contributed by atoms with E-state index >= 15 is 0 Å². The summed E-state index contributed by atoms with van der Waals surface area (Å²) in [5.41, 5.74) is -0.646. The number of hydrogen-bond acceptors (Lipinski definition) is 5. The van der Waals surface area contributed by atoms with E-state index in [0.29, 0.717) is 5.82 Å². The summed E-state index contributed by atoms with van der Waals surface area (Å²) in [5.74, 6) is -1.18. The Hall–Kier alpha value is -2.44. The van der Waals surface area contributed by atoms with Gasteiger partial charge in [0.1, 0.15) is 11.6 Å². The summed E-state index contributed by atoms with van der Waals surface area (Å²) in [6.45, 7) is 5.82. The fourth-order valence-corrected chi connectivity index (χ4v) is 1.52. The molecule has 0 unspecified atom stereocenters. The predicted octanol–water partition coefficient (Wildman–Crippen LogP) is 2.78. The third kappa shape index (κ3) is 3.56. The van der Waals surface area contributed by atoms with E-state index in [1.807, 2.05) is 20.8 Å². The molecule has 0 fully saturated rings. The number of nitrogens with zero attached hydrogens (tertiary/aromatic N) is 2. The van der Waals surface area contributed by atoms with Crippen molar-refractivity contribution in [1.82, 2.24) is 10.1 Å². The first kappa shape index (κ1) is 15.0. The molecular weight excluding hydrogens is 279 g/mol. The summed E-state index contributed by atoms with van der Waals surface area (Å²) < 4.78 is 23.8. The number of rotatable bonds is 4. The normalized spacial score (nSPS) is 11.4. The molecule has 1 heterocycles. The number of aromatic carboxylic acids is 1. The van der Waals surface area contributed by atoms with Crippen LogP contribution in [0.3, 0.4) is 0 Å². The number of carboxylic acid groups (broad SMARTS) is 1. The Morgan fingerprint density at radius 1 is 1.43 bits per heavy atom. The van der Waals surface area contributed by atoms with Gasteiger partial charge in [0.15, 0.2) is 12.4 Å². The van der Waals surface area contributed by atoms with Crippen LogP contribution in [0, 0.1) is 5.82 Å². The molecular formula is C14H15FN2O4. The Morgan fingerprint density at radius 2 is 2.14 bits per heavy atom. The van der Waals surface area contributed by atoms with Gasteiger partial charge in [0.25, 0.3) is 5.89 Å². The largest absolute Gasteiger partial charge is 0.484 e. The minimum atomic E-state index is -1.33. The number of carboxylic acids is 1. The maximum absolute atomic E-state index is 13.5. The lowest BCUT2D eigenvalue weighted by Gasteiger charge is -2.10. The molecule has 0 aliphatic carbocycles. The number of carbonyl (C=O) groups is 1. The van der Waals surface area contributed by atoms with Crippen LogP contribution in [0.25, 0.3) is 0 Å². The van der Waals surface area contributed by atoms with Gasteiger partial charge in [-0.2, -0.15) is 4.98 Å². The summed E-state index contributed by atoms with van der Waals surface area (Å²) >= 11 is 0. The monoisotopic (exact) mass is 294 g/mol. The van der Waals surface area contributed by atoms with Gasteiger partial charge in [0.05, 0.1) is 5.56 Å². The molecule has 0 aliphatic rings. The third-order valence-electron chi connectivity index (χ3n) is 2.67. The molecule has 1 aromatic carbocycles. The van der Waals surface area contributed by atoms with Gasteiger partial charge in [0, 0.05) is 11.5 Å². The minimum Gasteiger partial charge on any atom is -0.484 e. The van der Waals surface area contributed by atoms with Gasteiger partial charge in [-0.3, -0.25) is 0 Å². The van der Waals surface area contributed by atoms with E-state index < -0.39 is 17.3 Å². The minimum absolute atomic E-state index is 0.0189.